The van der Waals surface area contributed by atoms with Crippen LogP contribution in [0.2, 0.25) is 0 Å². The van der Waals surface area contributed by atoms with Crippen LogP contribution in [-0.2, 0) is 6.18 Å². The predicted octanol–water partition coefficient (Wildman–Crippen LogP) is 6.89. The standard InChI is InChI=1S/C27H16F6N6O2/c28-15-1-5-17(6-2-15)37-26-34-12-11-23(38-26)41-22-10-7-18(13-21(22)30)36-25(40)20-14-35-39(24(20)27(31,32)33)19-8-3-16(29)4-9-19/h1-14H,(H,36,40)(H,34,37,38). The zero-order valence-electron chi connectivity index (χ0n) is 20.5. The Morgan fingerprint density at radius 2 is 1.51 bits per heavy atom. The summed E-state index contributed by atoms with van der Waals surface area (Å²) in [4.78, 5) is 20.8. The van der Waals surface area contributed by atoms with Crippen molar-refractivity contribution in [3.63, 3.8) is 0 Å². The van der Waals surface area contributed by atoms with Gasteiger partial charge < -0.3 is 15.4 Å². The van der Waals surface area contributed by atoms with Gasteiger partial charge in [0.1, 0.15) is 11.6 Å². The lowest BCUT2D eigenvalue weighted by Gasteiger charge is -2.13. The molecule has 0 saturated carbocycles. The maximum atomic E-state index is 14.8. The number of carbonyl (C=O) groups excluding carboxylic acids is 1. The molecule has 5 aromatic rings. The Morgan fingerprint density at radius 3 is 2.17 bits per heavy atom. The van der Waals surface area contributed by atoms with Crippen LogP contribution in [0.25, 0.3) is 5.69 Å². The van der Waals surface area contributed by atoms with Crippen LogP contribution < -0.4 is 15.4 Å². The number of halogens is 6. The van der Waals surface area contributed by atoms with Gasteiger partial charge in [0.2, 0.25) is 11.8 Å². The molecule has 2 aromatic heterocycles. The highest BCUT2D eigenvalue weighted by Crippen LogP contribution is 2.34. The summed E-state index contributed by atoms with van der Waals surface area (Å²) in [5, 5.41) is 8.69. The van der Waals surface area contributed by atoms with Gasteiger partial charge in [-0.05, 0) is 60.7 Å². The lowest BCUT2D eigenvalue weighted by molar-refractivity contribution is -0.143. The van der Waals surface area contributed by atoms with Crippen LogP contribution in [0.15, 0.2) is 85.2 Å². The van der Waals surface area contributed by atoms with Gasteiger partial charge in [0.25, 0.3) is 5.91 Å². The molecule has 1 amide bonds. The molecule has 5 rings (SSSR count). The van der Waals surface area contributed by atoms with Gasteiger partial charge in [-0.3, -0.25) is 4.79 Å². The largest absolute Gasteiger partial charge is 0.436 e. The van der Waals surface area contributed by atoms with Crippen molar-refractivity contribution < 1.29 is 35.9 Å². The Labute approximate surface area is 227 Å². The summed E-state index contributed by atoms with van der Waals surface area (Å²) in [6, 6.07) is 14.0. The highest BCUT2D eigenvalue weighted by atomic mass is 19.4. The molecule has 208 valence electrons. The van der Waals surface area contributed by atoms with E-state index in [0.717, 1.165) is 36.4 Å². The van der Waals surface area contributed by atoms with Gasteiger partial charge in [-0.2, -0.15) is 23.3 Å². The molecule has 8 nitrogen and oxygen atoms in total. The number of nitrogens with one attached hydrogen (secondary N) is 2. The molecular formula is C27H16F6N6O2. The Kier molecular flexibility index (Phi) is 7.29. The summed E-state index contributed by atoms with van der Waals surface area (Å²) >= 11 is 0. The molecule has 0 aliphatic rings. The second-order valence-electron chi connectivity index (χ2n) is 8.34. The predicted molar refractivity (Wildman–Crippen MR) is 135 cm³/mol. The fourth-order valence-corrected chi connectivity index (χ4v) is 3.66. The first kappa shape index (κ1) is 27.2. The molecule has 0 radical (unpaired) electrons. The van der Waals surface area contributed by atoms with Gasteiger partial charge in [0.05, 0.1) is 17.4 Å². The fourth-order valence-electron chi connectivity index (χ4n) is 3.66. The summed E-state index contributed by atoms with van der Waals surface area (Å²) in [6.07, 6.45) is -2.95. The lowest BCUT2D eigenvalue weighted by Crippen LogP contribution is -2.20. The average molecular weight is 570 g/mol. The Balaban J connectivity index is 1.32. The van der Waals surface area contributed by atoms with Crippen LogP contribution in [-0.4, -0.2) is 25.7 Å². The smallest absolute Gasteiger partial charge is 0.434 e. The van der Waals surface area contributed by atoms with E-state index in [4.69, 9.17) is 4.74 Å². The van der Waals surface area contributed by atoms with E-state index in [9.17, 15) is 31.1 Å². The first-order chi connectivity index (χ1) is 19.6. The molecule has 0 bridgehead atoms. The minimum atomic E-state index is -5.00. The van der Waals surface area contributed by atoms with Crippen LogP contribution in [0.4, 0.5) is 43.7 Å². The molecule has 2 heterocycles. The number of ether oxygens (including phenoxy) is 1. The third-order valence-corrected chi connectivity index (χ3v) is 5.49. The monoisotopic (exact) mass is 570 g/mol. The number of amides is 1. The number of carbonyl (C=O) groups is 1. The normalized spacial score (nSPS) is 11.3. The summed E-state index contributed by atoms with van der Waals surface area (Å²) < 4.78 is 88.7. The van der Waals surface area contributed by atoms with Crippen molar-refractivity contribution in [1.29, 1.82) is 0 Å². The van der Waals surface area contributed by atoms with Crippen molar-refractivity contribution in [3.05, 3.63) is 114 Å². The Bertz CT molecular complexity index is 1710. The van der Waals surface area contributed by atoms with E-state index in [2.05, 4.69) is 25.7 Å². The molecule has 0 atom stereocenters. The molecular weight excluding hydrogens is 554 g/mol. The van der Waals surface area contributed by atoms with Crippen LogP contribution in [0, 0.1) is 17.5 Å². The van der Waals surface area contributed by atoms with Gasteiger partial charge in [0, 0.05) is 29.7 Å². The molecule has 0 saturated heterocycles. The topological polar surface area (TPSA) is 94.0 Å². The first-order valence-corrected chi connectivity index (χ1v) is 11.6. The van der Waals surface area contributed by atoms with Crippen molar-refractivity contribution >= 4 is 23.2 Å². The van der Waals surface area contributed by atoms with E-state index in [1.165, 1.54) is 42.6 Å². The number of hydrogen-bond acceptors (Lipinski definition) is 6. The Hall–Kier alpha value is -5.40. The minimum Gasteiger partial charge on any atom is -0.436 e. The number of hydrogen-bond donors (Lipinski definition) is 2. The SMILES string of the molecule is O=C(Nc1ccc(Oc2ccnc(Nc3ccc(F)cc3)n2)c(F)c1)c1cnn(-c2ccc(F)cc2)c1C(F)(F)F. The second-order valence-corrected chi connectivity index (χ2v) is 8.34. The number of nitrogens with zero attached hydrogens (tertiary/aromatic N) is 4. The molecule has 0 unspecified atom stereocenters. The van der Waals surface area contributed by atoms with Gasteiger partial charge in [-0.25, -0.2) is 22.8 Å². The van der Waals surface area contributed by atoms with Gasteiger partial charge >= 0.3 is 6.18 Å². The third-order valence-electron chi connectivity index (χ3n) is 5.49. The van der Waals surface area contributed by atoms with Crippen LogP contribution in [0.3, 0.4) is 0 Å². The van der Waals surface area contributed by atoms with Crippen molar-refractivity contribution in [2.45, 2.75) is 6.18 Å². The van der Waals surface area contributed by atoms with E-state index >= 15 is 0 Å². The molecule has 0 aliphatic carbocycles. The van der Waals surface area contributed by atoms with Crippen molar-refractivity contribution in [3.8, 4) is 17.3 Å². The summed E-state index contributed by atoms with van der Waals surface area (Å²) in [5.74, 6) is -3.51. The van der Waals surface area contributed by atoms with Crippen molar-refractivity contribution in [1.82, 2.24) is 19.7 Å². The molecule has 0 spiro atoms. The van der Waals surface area contributed by atoms with Crippen LogP contribution in [0.5, 0.6) is 11.6 Å². The molecule has 0 aliphatic heterocycles. The molecule has 3 aromatic carbocycles. The maximum Gasteiger partial charge on any atom is 0.434 e. The number of aromatic nitrogens is 4. The van der Waals surface area contributed by atoms with E-state index in [0.29, 0.717) is 16.6 Å². The van der Waals surface area contributed by atoms with E-state index < -0.39 is 40.8 Å². The van der Waals surface area contributed by atoms with E-state index in [-0.39, 0.29) is 29.0 Å². The highest BCUT2D eigenvalue weighted by molar-refractivity contribution is 6.05. The highest BCUT2D eigenvalue weighted by Gasteiger charge is 2.40. The second kappa shape index (κ2) is 11.0. The summed E-state index contributed by atoms with van der Waals surface area (Å²) in [6.45, 7) is 0. The molecule has 14 heteroatoms. The van der Waals surface area contributed by atoms with Gasteiger partial charge in [0.15, 0.2) is 17.3 Å². The zero-order chi connectivity index (χ0) is 29.1. The lowest BCUT2D eigenvalue weighted by atomic mass is 10.2. The van der Waals surface area contributed by atoms with E-state index in [1.807, 2.05) is 0 Å². The molecule has 0 fully saturated rings. The first-order valence-electron chi connectivity index (χ1n) is 11.6. The summed E-state index contributed by atoms with van der Waals surface area (Å²) in [5.41, 5.74) is -2.01. The minimum absolute atomic E-state index is 0.0525. The Morgan fingerprint density at radius 1 is 0.854 bits per heavy atom. The van der Waals surface area contributed by atoms with Crippen molar-refractivity contribution in [2.75, 3.05) is 10.6 Å². The van der Waals surface area contributed by atoms with Crippen LogP contribution in [0.1, 0.15) is 16.1 Å². The number of anilines is 3. The fraction of sp³-hybridized carbons (Fsp3) is 0.0370. The van der Waals surface area contributed by atoms with Gasteiger partial charge in [-0.1, -0.05) is 0 Å². The third kappa shape index (κ3) is 6.27. The number of rotatable bonds is 7. The molecule has 41 heavy (non-hydrogen) atoms. The van der Waals surface area contributed by atoms with Gasteiger partial charge in [-0.15, -0.1) is 0 Å². The zero-order valence-corrected chi connectivity index (χ0v) is 20.5. The van der Waals surface area contributed by atoms with Crippen molar-refractivity contribution in [2.24, 2.45) is 0 Å². The van der Waals surface area contributed by atoms with E-state index in [1.54, 1.807) is 0 Å². The average Bonchev–Trinajstić information content (AvgIpc) is 3.39. The molecule has 2 N–H and O–H groups in total. The maximum absolute atomic E-state index is 14.8. The quantitative estimate of drug-likeness (QED) is 0.207. The number of benzene rings is 3. The van der Waals surface area contributed by atoms with Crippen LogP contribution >= 0.6 is 0 Å². The summed E-state index contributed by atoms with van der Waals surface area (Å²) in [7, 11) is 0. The number of alkyl halides is 3.